The molecule has 1 N–H and O–H groups in total. The molecule has 0 atom stereocenters. The number of aromatic nitrogens is 1. The molecule has 0 unspecified atom stereocenters. The Labute approximate surface area is 177 Å². The number of hydrogen-bond donors (Lipinski definition) is 1. The summed E-state index contributed by atoms with van der Waals surface area (Å²) in [5.74, 6) is 0.0763. The summed E-state index contributed by atoms with van der Waals surface area (Å²) >= 11 is 0. The number of para-hydroxylation sites is 1. The molecule has 4 heteroatoms. The van der Waals surface area contributed by atoms with Crippen molar-refractivity contribution in [3.05, 3.63) is 77.9 Å². The molecule has 4 nitrogen and oxygen atoms in total. The van der Waals surface area contributed by atoms with E-state index in [1.54, 1.807) is 0 Å². The first-order chi connectivity index (χ1) is 14.7. The standard InChI is InChI=1S/C26H27N3O/c1-2-29-24-10-6-5-9-22(24)23-17-21(11-12-25(23)29)27-26(30)14-16-28-15-13-19-7-3-4-8-20(19)18-28/h3-12,17H,2,13-16,18H2,1H3,(H,27,30). The Balaban J connectivity index is 1.28. The van der Waals surface area contributed by atoms with E-state index in [1.165, 1.54) is 32.9 Å². The van der Waals surface area contributed by atoms with Crippen LogP contribution in [0.4, 0.5) is 5.69 Å². The first-order valence-corrected chi connectivity index (χ1v) is 10.8. The van der Waals surface area contributed by atoms with E-state index in [4.69, 9.17) is 0 Å². The minimum Gasteiger partial charge on any atom is -0.341 e. The number of hydrogen-bond acceptors (Lipinski definition) is 2. The van der Waals surface area contributed by atoms with Crippen LogP contribution in [-0.2, 0) is 24.3 Å². The fraction of sp³-hybridized carbons (Fsp3) is 0.269. The Kier molecular flexibility index (Phi) is 5.01. The summed E-state index contributed by atoms with van der Waals surface area (Å²) in [7, 11) is 0. The highest BCUT2D eigenvalue weighted by atomic mass is 16.1. The van der Waals surface area contributed by atoms with Crippen molar-refractivity contribution in [2.75, 3.05) is 18.4 Å². The molecule has 3 aromatic carbocycles. The van der Waals surface area contributed by atoms with Crippen LogP contribution in [0.15, 0.2) is 66.7 Å². The number of amides is 1. The fourth-order valence-electron chi connectivity index (χ4n) is 4.70. The third kappa shape index (κ3) is 3.48. The minimum atomic E-state index is 0.0763. The molecule has 0 saturated carbocycles. The molecule has 0 spiro atoms. The molecule has 0 radical (unpaired) electrons. The zero-order valence-electron chi connectivity index (χ0n) is 17.4. The van der Waals surface area contributed by atoms with Crippen LogP contribution in [0.3, 0.4) is 0 Å². The maximum absolute atomic E-state index is 12.6. The highest BCUT2D eigenvalue weighted by molar-refractivity contribution is 6.09. The van der Waals surface area contributed by atoms with Gasteiger partial charge in [0.1, 0.15) is 0 Å². The monoisotopic (exact) mass is 397 g/mol. The van der Waals surface area contributed by atoms with E-state index in [-0.39, 0.29) is 5.91 Å². The van der Waals surface area contributed by atoms with Crippen LogP contribution in [0.5, 0.6) is 0 Å². The predicted octanol–water partition coefficient (Wildman–Crippen LogP) is 5.20. The van der Waals surface area contributed by atoms with Crippen molar-refractivity contribution in [2.24, 2.45) is 0 Å². The van der Waals surface area contributed by atoms with Gasteiger partial charge in [-0.05, 0) is 48.7 Å². The Morgan fingerprint density at radius 1 is 0.933 bits per heavy atom. The molecule has 1 aromatic heterocycles. The maximum atomic E-state index is 12.6. The quantitative estimate of drug-likeness (QED) is 0.502. The zero-order valence-corrected chi connectivity index (χ0v) is 17.4. The largest absolute Gasteiger partial charge is 0.341 e. The number of benzene rings is 3. The second kappa shape index (κ2) is 7.96. The third-order valence-electron chi connectivity index (χ3n) is 6.24. The Morgan fingerprint density at radius 2 is 1.70 bits per heavy atom. The SMILES string of the molecule is CCn1c2ccccc2c2cc(NC(=O)CCN3CCc4ccccc4C3)ccc21. The number of aryl methyl sites for hydroxylation is 1. The average Bonchev–Trinajstić information content (AvgIpc) is 3.10. The van der Waals surface area contributed by atoms with Gasteiger partial charge in [-0.1, -0.05) is 42.5 Å². The molecule has 1 aliphatic heterocycles. The van der Waals surface area contributed by atoms with Gasteiger partial charge in [-0.15, -0.1) is 0 Å². The molecule has 30 heavy (non-hydrogen) atoms. The molecule has 0 aliphatic carbocycles. The summed E-state index contributed by atoms with van der Waals surface area (Å²) in [6.07, 6.45) is 1.58. The summed E-state index contributed by atoms with van der Waals surface area (Å²) in [6.45, 7) is 5.84. The molecule has 2 heterocycles. The normalized spacial score (nSPS) is 14.2. The second-order valence-corrected chi connectivity index (χ2v) is 8.09. The Hall–Kier alpha value is -3.11. The number of carbonyl (C=O) groups excluding carboxylic acids is 1. The zero-order chi connectivity index (χ0) is 20.5. The van der Waals surface area contributed by atoms with Gasteiger partial charge in [0.05, 0.1) is 0 Å². The summed E-state index contributed by atoms with van der Waals surface area (Å²) in [4.78, 5) is 15.0. The van der Waals surface area contributed by atoms with Crippen molar-refractivity contribution >= 4 is 33.4 Å². The van der Waals surface area contributed by atoms with Crippen molar-refractivity contribution in [3.63, 3.8) is 0 Å². The minimum absolute atomic E-state index is 0.0763. The van der Waals surface area contributed by atoms with Crippen LogP contribution in [0.25, 0.3) is 21.8 Å². The summed E-state index contributed by atoms with van der Waals surface area (Å²) in [5, 5.41) is 5.54. The molecule has 4 aromatic rings. The first kappa shape index (κ1) is 18.9. The van der Waals surface area contributed by atoms with E-state index >= 15 is 0 Å². The van der Waals surface area contributed by atoms with Gasteiger partial charge >= 0.3 is 0 Å². The van der Waals surface area contributed by atoms with Crippen molar-refractivity contribution in [3.8, 4) is 0 Å². The maximum Gasteiger partial charge on any atom is 0.225 e. The molecular weight excluding hydrogens is 370 g/mol. The molecule has 1 amide bonds. The van der Waals surface area contributed by atoms with E-state index in [2.05, 4.69) is 82.4 Å². The molecule has 152 valence electrons. The molecule has 0 fully saturated rings. The van der Waals surface area contributed by atoms with Gasteiger partial charge in [0.2, 0.25) is 5.91 Å². The Bertz CT molecular complexity index is 1220. The lowest BCUT2D eigenvalue weighted by Gasteiger charge is -2.28. The van der Waals surface area contributed by atoms with Gasteiger partial charge in [0.15, 0.2) is 0 Å². The number of fused-ring (bicyclic) bond motifs is 4. The van der Waals surface area contributed by atoms with Gasteiger partial charge in [0, 0.05) is 60.1 Å². The van der Waals surface area contributed by atoms with Crippen molar-refractivity contribution < 1.29 is 4.79 Å². The summed E-state index contributed by atoms with van der Waals surface area (Å²) < 4.78 is 2.32. The average molecular weight is 398 g/mol. The molecule has 1 aliphatic rings. The molecule has 0 bridgehead atoms. The van der Waals surface area contributed by atoms with Gasteiger partial charge in [-0.25, -0.2) is 0 Å². The summed E-state index contributed by atoms with van der Waals surface area (Å²) in [6, 6.07) is 23.3. The van der Waals surface area contributed by atoms with Crippen molar-refractivity contribution in [2.45, 2.75) is 32.9 Å². The molecule has 0 saturated heterocycles. The van der Waals surface area contributed by atoms with Gasteiger partial charge in [-0.2, -0.15) is 0 Å². The van der Waals surface area contributed by atoms with Crippen molar-refractivity contribution in [1.29, 1.82) is 0 Å². The van der Waals surface area contributed by atoms with E-state index in [0.29, 0.717) is 6.42 Å². The number of nitrogens with one attached hydrogen (secondary N) is 1. The predicted molar refractivity (Wildman–Crippen MR) is 124 cm³/mol. The smallest absolute Gasteiger partial charge is 0.225 e. The third-order valence-corrected chi connectivity index (χ3v) is 6.24. The first-order valence-electron chi connectivity index (χ1n) is 10.8. The number of carbonyl (C=O) groups is 1. The van der Waals surface area contributed by atoms with E-state index in [9.17, 15) is 4.79 Å². The molecular formula is C26H27N3O. The number of anilines is 1. The number of nitrogens with zero attached hydrogens (tertiary/aromatic N) is 2. The lowest BCUT2D eigenvalue weighted by atomic mass is 10.00. The summed E-state index contributed by atoms with van der Waals surface area (Å²) in [5.41, 5.74) is 6.16. The lowest BCUT2D eigenvalue weighted by Crippen LogP contribution is -2.33. The van der Waals surface area contributed by atoms with Gasteiger partial charge in [-0.3, -0.25) is 9.69 Å². The highest BCUT2D eigenvalue weighted by Gasteiger charge is 2.17. The van der Waals surface area contributed by atoms with Crippen LogP contribution < -0.4 is 5.32 Å². The second-order valence-electron chi connectivity index (χ2n) is 8.09. The molecule has 5 rings (SSSR count). The highest BCUT2D eigenvalue weighted by Crippen LogP contribution is 2.31. The van der Waals surface area contributed by atoms with Gasteiger partial charge < -0.3 is 9.88 Å². The lowest BCUT2D eigenvalue weighted by molar-refractivity contribution is -0.116. The number of rotatable bonds is 5. The van der Waals surface area contributed by atoms with Crippen LogP contribution in [0.2, 0.25) is 0 Å². The van der Waals surface area contributed by atoms with Crippen molar-refractivity contribution in [1.82, 2.24) is 9.47 Å². The van der Waals surface area contributed by atoms with Gasteiger partial charge in [0.25, 0.3) is 0 Å². The van der Waals surface area contributed by atoms with Crippen LogP contribution in [0.1, 0.15) is 24.5 Å². The van der Waals surface area contributed by atoms with E-state index < -0.39 is 0 Å². The van der Waals surface area contributed by atoms with E-state index in [1.807, 2.05) is 6.07 Å². The van der Waals surface area contributed by atoms with Crippen LogP contribution >= 0.6 is 0 Å². The Morgan fingerprint density at radius 3 is 2.57 bits per heavy atom. The van der Waals surface area contributed by atoms with Crippen LogP contribution in [-0.4, -0.2) is 28.5 Å². The topological polar surface area (TPSA) is 37.3 Å². The fourth-order valence-corrected chi connectivity index (χ4v) is 4.70. The van der Waals surface area contributed by atoms with Crippen LogP contribution in [0, 0.1) is 0 Å². The van der Waals surface area contributed by atoms with E-state index in [0.717, 1.165) is 38.3 Å².